The first kappa shape index (κ1) is 15.0. The van der Waals surface area contributed by atoms with Crippen LogP contribution in [0.4, 0.5) is 5.82 Å². The number of amides is 1. The van der Waals surface area contributed by atoms with Crippen LogP contribution in [0.5, 0.6) is 0 Å². The van der Waals surface area contributed by atoms with Crippen LogP contribution in [0.25, 0.3) is 10.6 Å². The number of hydrogen-bond donors (Lipinski definition) is 2. The van der Waals surface area contributed by atoms with Gasteiger partial charge < -0.3 is 10.6 Å². The summed E-state index contributed by atoms with van der Waals surface area (Å²) >= 11 is 1.52. The van der Waals surface area contributed by atoms with Crippen LogP contribution >= 0.6 is 11.3 Å². The van der Waals surface area contributed by atoms with Crippen molar-refractivity contribution in [2.45, 2.75) is 6.54 Å². The molecule has 0 saturated heterocycles. The van der Waals surface area contributed by atoms with Crippen molar-refractivity contribution in [1.82, 2.24) is 25.7 Å². The standard InChI is InChI=1S/C15H14N6OS/c1-16-14(22)11-7-8-12(19-18-11)17-9-13-20-21-15(23-13)10-5-3-2-4-6-10/h2-8H,9H2,1H3,(H,16,22)(H,17,19). The van der Waals surface area contributed by atoms with E-state index >= 15 is 0 Å². The Labute approximate surface area is 136 Å². The van der Waals surface area contributed by atoms with Gasteiger partial charge in [0, 0.05) is 12.6 Å². The Balaban J connectivity index is 1.63. The second-order valence-electron chi connectivity index (χ2n) is 4.60. The summed E-state index contributed by atoms with van der Waals surface area (Å²) in [5.41, 5.74) is 1.33. The fourth-order valence-electron chi connectivity index (χ4n) is 1.86. The van der Waals surface area contributed by atoms with Crippen LogP contribution in [-0.2, 0) is 6.54 Å². The van der Waals surface area contributed by atoms with E-state index in [1.807, 2.05) is 30.3 Å². The van der Waals surface area contributed by atoms with Crippen molar-refractivity contribution in [1.29, 1.82) is 0 Å². The van der Waals surface area contributed by atoms with E-state index in [-0.39, 0.29) is 11.6 Å². The highest BCUT2D eigenvalue weighted by Gasteiger charge is 2.08. The minimum Gasteiger partial charge on any atom is -0.362 e. The third-order valence-corrected chi connectivity index (χ3v) is 4.00. The summed E-state index contributed by atoms with van der Waals surface area (Å²) in [6.07, 6.45) is 0. The number of hydrogen-bond acceptors (Lipinski definition) is 7. The van der Waals surface area contributed by atoms with E-state index in [4.69, 9.17) is 0 Å². The first-order valence-electron chi connectivity index (χ1n) is 6.94. The summed E-state index contributed by atoms with van der Waals surface area (Å²) in [6.45, 7) is 0.499. The Kier molecular flexibility index (Phi) is 4.53. The van der Waals surface area contributed by atoms with Crippen molar-refractivity contribution < 1.29 is 4.79 Å². The molecular weight excluding hydrogens is 312 g/mol. The number of anilines is 1. The molecule has 0 aliphatic carbocycles. The van der Waals surface area contributed by atoms with Crippen molar-refractivity contribution in [3.63, 3.8) is 0 Å². The van der Waals surface area contributed by atoms with Crippen molar-refractivity contribution in [3.05, 3.63) is 53.2 Å². The van der Waals surface area contributed by atoms with Crippen molar-refractivity contribution >= 4 is 23.1 Å². The van der Waals surface area contributed by atoms with Gasteiger partial charge in [-0.1, -0.05) is 41.7 Å². The van der Waals surface area contributed by atoms with Crippen molar-refractivity contribution in [3.8, 4) is 10.6 Å². The third-order valence-electron chi connectivity index (χ3n) is 3.03. The molecule has 116 valence electrons. The molecule has 0 spiro atoms. The highest BCUT2D eigenvalue weighted by molar-refractivity contribution is 7.14. The molecule has 0 unspecified atom stereocenters. The number of nitrogens with zero attached hydrogens (tertiary/aromatic N) is 4. The largest absolute Gasteiger partial charge is 0.362 e. The van der Waals surface area contributed by atoms with Gasteiger partial charge in [-0.15, -0.1) is 20.4 Å². The molecule has 8 heteroatoms. The van der Waals surface area contributed by atoms with Crippen LogP contribution in [0, 0.1) is 0 Å². The lowest BCUT2D eigenvalue weighted by Gasteiger charge is -2.02. The van der Waals surface area contributed by atoms with Gasteiger partial charge in [0.15, 0.2) is 5.69 Å². The summed E-state index contributed by atoms with van der Waals surface area (Å²) in [5, 5.41) is 23.5. The molecule has 7 nitrogen and oxygen atoms in total. The fourth-order valence-corrected chi connectivity index (χ4v) is 2.65. The molecule has 3 aromatic rings. The summed E-state index contributed by atoms with van der Waals surface area (Å²) in [6, 6.07) is 13.2. The second kappa shape index (κ2) is 6.93. The summed E-state index contributed by atoms with van der Waals surface area (Å²) < 4.78 is 0. The average Bonchev–Trinajstić information content (AvgIpc) is 3.09. The number of benzene rings is 1. The Morgan fingerprint density at radius 2 is 1.87 bits per heavy atom. The molecular formula is C15H14N6OS. The quantitative estimate of drug-likeness (QED) is 0.744. The Morgan fingerprint density at radius 1 is 1.04 bits per heavy atom. The SMILES string of the molecule is CNC(=O)c1ccc(NCc2nnc(-c3ccccc3)s2)nn1. The summed E-state index contributed by atoms with van der Waals surface area (Å²) in [4.78, 5) is 11.4. The Morgan fingerprint density at radius 3 is 2.57 bits per heavy atom. The predicted molar refractivity (Wildman–Crippen MR) is 88.1 cm³/mol. The zero-order valence-corrected chi connectivity index (χ0v) is 13.2. The lowest BCUT2D eigenvalue weighted by atomic mass is 10.2. The van der Waals surface area contributed by atoms with E-state index in [1.54, 1.807) is 19.2 Å². The average molecular weight is 326 g/mol. The lowest BCUT2D eigenvalue weighted by Crippen LogP contribution is -2.19. The molecule has 0 bridgehead atoms. The Bertz CT molecular complexity index is 787. The molecule has 0 radical (unpaired) electrons. The van der Waals surface area contributed by atoms with E-state index in [0.29, 0.717) is 12.4 Å². The molecule has 23 heavy (non-hydrogen) atoms. The molecule has 0 aliphatic rings. The van der Waals surface area contributed by atoms with E-state index in [0.717, 1.165) is 15.6 Å². The van der Waals surface area contributed by atoms with E-state index < -0.39 is 0 Å². The zero-order valence-electron chi connectivity index (χ0n) is 12.4. The van der Waals surface area contributed by atoms with Gasteiger partial charge in [-0.05, 0) is 12.1 Å². The van der Waals surface area contributed by atoms with E-state index in [1.165, 1.54) is 11.3 Å². The molecule has 2 aromatic heterocycles. The van der Waals surface area contributed by atoms with Crippen LogP contribution in [0.2, 0.25) is 0 Å². The predicted octanol–water partition coefficient (Wildman–Crippen LogP) is 1.97. The van der Waals surface area contributed by atoms with Crippen molar-refractivity contribution in [2.24, 2.45) is 0 Å². The van der Waals surface area contributed by atoms with Gasteiger partial charge in [0.1, 0.15) is 15.8 Å². The van der Waals surface area contributed by atoms with Gasteiger partial charge in [0.25, 0.3) is 5.91 Å². The van der Waals surface area contributed by atoms with Crippen LogP contribution in [0.15, 0.2) is 42.5 Å². The number of rotatable bonds is 5. The highest BCUT2D eigenvalue weighted by atomic mass is 32.1. The minimum atomic E-state index is -0.263. The van der Waals surface area contributed by atoms with Gasteiger partial charge in [0.2, 0.25) is 0 Å². The normalized spacial score (nSPS) is 10.3. The molecule has 0 atom stereocenters. The first-order valence-corrected chi connectivity index (χ1v) is 7.75. The van der Waals surface area contributed by atoms with Crippen LogP contribution in [0.3, 0.4) is 0 Å². The van der Waals surface area contributed by atoms with Gasteiger partial charge in [-0.25, -0.2) is 0 Å². The maximum absolute atomic E-state index is 11.4. The molecule has 3 rings (SSSR count). The maximum Gasteiger partial charge on any atom is 0.271 e. The van der Waals surface area contributed by atoms with Crippen LogP contribution < -0.4 is 10.6 Å². The Hall–Kier alpha value is -2.87. The molecule has 1 amide bonds. The van der Waals surface area contributed by atoms with Crippen LogP contribution in [0.1, 0.15) is 15.5 Å². The van der Waals surface area contributed by atoms with Gasteiger partial charge in [-0.2, -0.15) is 0 Å². The molecule has 0 aliphatic heterocycles. The lowest BCUT2D eigenvalue weighted by molar-refractivity contribution is 0.0957. The smallest absolute Gasteiger partial charge is 0.271 e. The van der Waals surface area contributed by atoms with Crippen LogP contribution in [-0.4, -0.2) is 33.3 Å². The molecule has 1 aromatic carbocycles. The summed E-state index contributed by atoms with van der Waals surface area (Å²) in [7, 11) is 1.55. The van der Waals surface area contributed by atoms with Gasteiger partial charge >= 0.3 is 0 Å². The maximum atomic E-state index is 11.4. The highest BCUT2D eigenvalue weighted by Crippen LogP contribution is 2.23. The molecule has 0 saturated carbocycles. The van der Waals surface area contributed by atoms with Gasteiger partial charge in [0.05, 0.1) is 6.54 Å². The second-order valence-corrected chi connectivity index (χ2v) is 5.67. The zero-order chi connectivity index (χ0) is 16.1. The monoisotopic (exact) mass is 326 g/mol. The molecule has 2 N–H and O–H groups in total. The number of carbonyl (C=O) groups excluding carboxylic acids is 1. The minimum absolute atomic E-state index is 0.263. The molecule has 2 heterocycles. The summed E-state index contributed by atoms with van der Waals surface area (Å²) in [5.74, 6) is 0.315. The third kappa shape index (κ3) is 3.67. The number of carbonyl (C=O) groups is 1. The molecule has 0 fully saturated rings. The van der Waals surface area contributed by atoms with Crippen molar-refractivity contribution in [2.75, 3.05) is 12.4 Å². The van der Waals surface area contributed by atoms with E-state index in [2.05, 4.69) is 31.0 Å². The van der Waals surface area contributed by atoms with Gasteiger partial charge in [-0.3, -0.25) is 4.79 Å². The topological polar surface area (TPSA) is 92.7 Å². The first-order chi connectivity index (χ1) is 11.3. The number of aromatic nitrogens is 4. The van der Waals surface area contributed by atoms with E-state index in [9.17, 15) is 4.79 Å². The number of nitrogens with one attached hydrogen (secondary N) is 2. The fraction of sp³-hybridized carbons (Fsp3) is 0.133.